The molecule has 8 nitrogen and oxygen atoms in total. The number of amidine groups is 1. The minimum Gasteiger partial charge on any atom is -0.342 e. The minimum atomic E-state index is -0.218. The van der Waals surface area contributed by atoms with Gasteiger partial charge in [0, 0.05) is 26.2 Å². The summed E-state index contributed by atoms with van der Waals surface area (Å²) in [7, 11) is 0. The third kappa shape index (κ3) is 2.94. The SMILES string of the molecule is CCN(CC)C(=O)CN1C(=O)N2CCCN=C2c2cnn(-c3ccccc3)c21. The number of nitrogens with zero attached hydrogens (tertiary/aromatic N) is 6. The monoisotopic (exact) mass is 380 g/mol. The normalized spacial score (nSPS) is 15.8. The molecule has 28 heavy (non-hydrogen) atoms. The van der Waals surface area contributed by atoms with Crippen molar-refractivity contribution in [2.45, 2.75) is 20.3 Å². The molecular weight excluding hydrogens is 356 g/mol. The zero-order valence-corrected chi connectivity index (χ0v) is 16.2. The van der Waals surface area contributed by atoms with Gasteiger partial charge in [0.1, 0.15) is 12.4 Å². The summed E-state index contributed by atoms with van der Waals surface area (Å²) in [6, 6.07) is 9.41. The van der Waals surface area contributed by atoms with E-state index < -0.39 is 0 Å². The van der Waals surface area contributed by atoms with Gasteiger partial charge in [0.25, 0.3) is 0 Å². The Morgan fingerprint density at radius 2 is 1.93 bits per heavy atom. The summed E-state index contributed by atoms with van der Waals surface area (Å²) in [5.41, 5.74) is 1.62. The van der Waals surface area contributed by atoms with Crippen LogP contribution in [-0.4, -0.2) is 70.1 Å². The molecule has 0 saturated carbocycles. The van der Waals surface area contributed by atoms with E-state index in [9.17, 15) is 9.59 Å². The van der Waals surface area contributed by atoms with E-state index in [0.29, 0.717) is 37.8 Å². The van der Waals surface area contributed by atoms with Gasteiger partial charge in [0.2, 0.25) is 5.91 Å². The second kappa shape index (κ2) is 7.46. The van der Waals surface area contributed by atoms with Crippen LogP contribution in [0.3, 0.4) is 0 Å². The van der Waals surface area contributed by atoms with Crippen LogP contribution in [-0.2, 0) is 4.79 Å². The molecule has 0 fully saturated rings. The molecule has 2 aromatic rings. The summed E-state index contributed by atoms with van der Waals surface area (Å²) < 4.78 is 1.72. The summed E-state index contributed by atoms with van der Waals surface area (Å²) in [5.74, 6) is 1.18. The Labute approximate surface area is 164 Å². The minimum absolute atomic E-state index is 0.0180. The molecule has 2 aliphatic rings. The van der Waals surface area contributed by atoms with Gasteiger partial charge in [0.05, 0.1) is 17.4 Å². The average molecular weight is 380 g/mol. The third-order valence-electron chi connectivity index (χ3n) is 5.17. The first kappa shape index (κ1) is 18.2. The van der Waals surface area contributed by atoms with Gasteiger partial charge in [-0.2, -0.15) is 5.10 Å². The fourth-order valence-electron chi connectivity index (χ4n) is 3.73. The summed E-state index contributed by atoms with van der Waals surface area (Å²) in [6.45, 7) is 6.37. The first-order valence-electron chi connectivity index (χ1n) is 9.70. The number of para-hydroxylation sites is 1. The van der Waals surface area contributed by atoms with Crippen LogP contribution in [0, 0.1) is 0 Å². The van der Waals surface area contributed by atoms with Crippen molar-refractivity contribution >= 4 is 23.6 Å². The van der Waals surface area contributed by atoms with Crippen molar-refractivity contribution in [3.05, 3.63) is 42.1 Å². The van der Waals surface area contributed by atoms with Crippen molar-refractivity contribution in [2.75, 3.05) is 37.6 Å². The van der Waals surface area contributed by atoms with E-state index in [1.54, 1.807) is 25.6 Å². The van der Waals surface area contributed by atoms with Crippen LogP contribution >= 0.6 is 0 Å². The molecule has 4 rings (SSSR count). The Balaban J connectivity index is 1.82. The van der Waals surface area contributed by atoms with E-state index in [0.717, 1.165) is 17.7 Å². The molecule has 2 aliphatic heterocycles. The lowest BCUT2D eigenvalue weighted by molar-refractivity contribution is -0.129. The number of anilines is 1. The van der Waals surface area contributed by atoms with Crippen molar-refractivity contribution in [3.63, 3.8) is 0 Å². The second-order valence-corrected chi connectivity index (χ2v) is 6.77. The van der Waals surface area contributed by atoms with Crippen LogP contribution < -0.4 is 4.90 Å². The zero-order chi connectivity index (χ0) is 19.7. The first-order valence-corrected chi connectivity index (χ1v) is 9.70. The standard InChI is InChI=1S/C20H24N6O2/c1-3-23(4-2)17(27)14-25-19-16(18-21-11-8-12-24(18)20(25)28)13-22-26(19)15-9-6-5-7-10-15/h5-7,9-10,13H,3-4,8,11-12,14H2,1-2H3. The Morgan fingerprint density at radius 1 is 1.18 bits per heavy atom. The molecule has 0 bridgehead atoms. The Kier molecular flexibility index (Phi) is 4.85. The Bertz CT molecular complexity index is 916. The maximum atomic E-state index is 13.3. The van der Waals surface area contributed by atoms with Gasteiger partial charge in [-0.15, -0.1) is 0 Å². The van der Waals surface area contributed by atoms with Gasteiger partial charge >= 0.3 is 6.03 Å². The van der Waals surface area contributed by atoms with E-state index in [4.69, 9.17) is 0 Å². The van der Waals surface area contributed by atoms with E-state index in [-0.39, 0.29) is 18.5 Å². The number of benzene rings is 1. The Morgan fingerprint density at radius 3 is 2.64 bits per heavy atom. The number of aromatic nitrogens is 2. The molecule has 1 aromatic carbocycles. The van der Waals surface area contributed by atoms with E-state index in [1.807, 2.05) is 44.2 Å². The van der Waals surface area contributed by atoms with Gasteiger partial charge in [-0.1, -0.05) is 18.2 Å². The molecule has 0 atom stereocenters. The van der Waals surface area contributed by atoms with Crippen LogP contribution in [0.15, 0.2) is 41.5 Å². The first-order chi connectivity index (χ1) is 13.7. The highest BCUT2D eigenvalue weighted by Crippen LogP contribution is 2.32. The number of carbonyl (C=O) groups is 2. The molecule has 0 N–H and O–H groups in total. The molecular formula is C20H24N6O2. The van der Waals surface area contributed by atoms with Gasteiger partial charge in [-0.25, -0.2) is 9.48 Å². The zero-order valence-electron chi connectivity index (χ0n) is 16.2. The fraction of sp³-hybridized carbons (Fsp3) is 0.400. The maximum Gasteiger partial charge on any atom is 0.331 e. The van der Waals surface area contributed by atoms with Gasteiger partial charge in [0.15, 0.2) is 5.82 Å². The van der Waals surface area contributed by atoms with Gasteiger partial charge < -0.3 is 4.90 Å². The molecule has 3 amide bonds. The lowest BCUT2D eigenvalue weighted by atomic mass is 10.1. The molecule has 3 heterocycles. The van der Waals surface area contributed by atoms with Crippen LogP contribution in [0.1, 0.15) is 25.8 Å². The predicted molar refractivity (Wildman–Crippen MR) is 107 cm³/mol. The Hall–Kier alpha value is -3.16. The van der Waals surface area contributed by atoms with Crippen molar-refractivity contribution < 1.29 is 9.59 Å². The molecule has 0 saturated heterocycles. The molecule has 8 heteroatoms. The lowest BCUT2D eigenvalue weighted by Gasteiger charge is -2.38. The van der Waals surface area contributed by atoms with Crippen molar-refractivity contribution in [3.8, 4) is 5.69 Å². The molecule has 0 radical (unpaired) electrons. The summed E-state index contributed by atoms with van der Waals surface area (Å²) >= 11 is 0. The quantitative estimate of drug-likeness (QED) is 0.798. The van der Waals surface area contributed by atoms with Gasteiger partial charge in [-0.3, -0.25) is 19.6 Å². The number of fused-ring (bicyclic) bond motifs is 3. The lowest BCUT2D eigenvalue weighted by Crippen LogP contribution is -2.55. The number of aliphatic imine (C=N–C) groups is 1. The molecule has 0 aliphatic carbocycles. The van der Waals surface area contributed by atoms with Crippen molar-refractivity contribution in [1.82, 2.24) is 19.6 Å². The average Bonchev–Trinajstić information content (AvgIpc) is 3.18. The summed E-state index contributed by atoms with van der Waals surface area (Å²) in [4.78, 5) is 35.6. The largest absolute Gasteiger partial charge is 0.342 e. The number of hydrogen-bond donors (Lipinski definition) is 0. The maximum absolute atomic E-state index is 13.3. The molecule has 0 unspecified atom stereocenters. The second-order valence-electron chi connectivity index (χ2n) is 6.77. The topological polar surface area (TPSA) is 74.0 Å². The van der Waals surface area contributed by atoms with Crippen LogP contribution in [0.2, 0.25) is 0 Å². The highest BCUT2D eigenvalue weighted by molar-refractivity contribution is 6.19. The highest BCUT2D eigenvalue weighted by Gasteiger charge is 2.40. The van der Waals surface area contributed by atoms with E-state index in [2.05, 4.69) is 10.1 Å². The summed E-state index contributed by atoms with van der Waals surface area (Å²) in [5, 5.41) is 4.53. The fourth-order valence-corrected chi connectivity index (χ4v) is 3.73. The van der Waals surface area contributed by atoms with E-state index >= 15 is 0 Å². The van der Waals surface area contributed by atoms with Crippen molar-refractivity contribution in [2.24, 2.45) is 4.99 Å². The smallest absolute Gasteiger partial charge is 0.331 e. The predicted octanol–water partition coefficient (Wildman–Crippen LogP) is 2.13. The van der Waals surface area contributed by atoms with Crippen LogP contribution in [0.25, 0.3) is 5.69 Å². The third-order valence-corrected chi connectivity index (χ3v) is 5.17. The number of rotatable bonds is 5. The molecule has 1 aromatic heterocycles. The summed E-state index contributed by atoms with van der Waals surface area (Å²) in [6.07, 6.45) is 2.55. The number of urea groups is 1. The van der Waals surface area contributed by atoms with E-state index in [1.165, 1.54) is 0 Å². The van der Waals surface area contributed by atoms with Crippen LogP contribution in [0.5, 0.6) is 0 Å². The number of hydrogen-bond acceptors (Lipinski definition) is 4. The van der Waals surface area contributed by atoms with Crippen molar-refractivity contribution in [1.29, 1.82) is 0 Å². The highest BCUT2D eigenvalue weighted by atomic mass is 16.2. The number of carbonyl (C=O) groups excluding carboxylic acids is 2. The molecule has 146 valence electrons. The molecule has 0 spiro atoms. The number of amides is 3. The van der Waals surface area contributed by atoms with Gasteiger partial charge in [-0.05, 0) is 32.4 Å². The van der Waals surface area contributed by atoms with Crippen LogP contribution in [0.4, 0.5) is 10.6 Å². The number of likely N-dealkylation sites (N-methyl/N-ethyl adjacent to an activating group) is 1.